The smallest absolute Gasteiger partial charge is 0.163 e. The van der Waals surface area contributed by atoms with Crippen LogP contribution < -0.4 is 5.73 Å². The summed E-state index contributed by atoms with van der Waals surface area (Å²) in [6.07, 6.45) is 0.0319. The molecule has 0 aromatic heterocycles. The first-order chi connectivity index (χ1) is 9.34. The van der Waals surface area contributed by atoms with Gasteiger partial charge in [0.25, 0.3) is 0 Å². The van der Waals surface area contributed by atoms with Crippen LogP contribution in [0.1, 0.15) is 32.4 Å². The van der Waals surface area contributed by atoms with Gasteiger partial charge in [0.2, 0.25) is 0 Å². The fourth-order valence-corrected chi connectivity index (χ4v) is 2.99. The summed E-state index contributed by atoms with van der Waals surface area (Å²) in [4.78, 5) is 2.08. The van der Waals surface area contributed by atoms with Gasteiger partial charge in [-0.15, -0.1) is 0 Å². The van der Waals surface area contributed by atoms with E-state index < -0.39 is 11.6 Å². The number of hydrogen-bond acceptors (Lipinski definition) is 3. The topological polar surface area (TPSA) is 38.5 Å². The molecule has 0 aliphatic carbocycles. The SMILES string of the molecule is CC1CN(C(CN)c2cccc(F)c2F)CC(C)(C)O1. The summed E-state index contributed by atoms with van der Waals surface area (Å²) in [5.74, 6) is -1.64. The van der Waals surface area contributed by atoms with Crippen molar-refractivity contribution in [1.29, 1.82) is 0 Å². The third-order valence-corrected chi connectivity index (χ3v) is 3.60. The average Bonchev–Trinajstić information content (AvgIpc) is 2.33. The Morgan fingerprint density at radius 3 is 2.75 bits per heavy atom. The van der Waals surface area contributed by atoms with Gasteiger partial charge in [-0.05, 0) is 26.8 Å². The molecule has 0 spiro atoms. The summed E-state index contributed by atoms with van der Waals surface area (Å²) in [7, 11) is 0. The molecule has 2 atom stereocenters. The second-order valence-electron chi connectivity index (χ2n) is 6.01. The third kappa shape index (κ3) is 3.16. The molecule has 5 heteroatoms. The molecule has 112 valence electrons. The maximum absolute atomic E-state index is 14.0. The van der Waals surface area contributed by atoms with E-state index >= 15 is 0 Å². The van der Waals surface area contributed by atoms with Crippen molar-refractivity contribution in [2.45, 2.75) is 38.5 Å². The molecule has 0 amide bonds. The van der Waals surface area contributed by atoms with E-state index in [2.05, 4.69) is 4.90 Å². The number of hydrogen-bond donors (Lipinski definition) is 1. The highest BCUT2D eigenvalue weighted by molar-refractivity contribution is 5.23. The minimum atomic E-state index is -0.832. The minimum Gasteiger partial charge on any atom is -0.370 e. The Morgan fingerprint density at radius 1 is 1.45 bits per heavy atom. The molecule has 0 radical (unpaired) electrons. The molecular weight excluding hydrogens is 262 g/mol. The number of halogens is 2. The average molecular weight is 284 g/mol. The van der Waals surface area contributed by atoms with Crippen LogP contribution in [0, 0.1) is 11.6 Å². The van der Waals surface area contributed by atoms with Crippen molar-refractivity contribution in [2.75, 3.05) is 19.6 Å². The van der Waals surface area contributed by atoms with E-state index in [0.29, 0.717) is 18.7 Å². The lowest BCUT2D eigenvalue weighted by atomic mass is 9.99. The number of morpholine rings is 1. The van der Waals surface area contributed by atoms with Crippen LogP contribution in [0.3, 0.4) is 0 Å². The van der Waals surface area contributed by atoms with Crippen molar-refractivity contribution in [3.63, 3.8) is 0 Å². The molecule has 2 unspecified atom stereocenters. The number of ether oxygens (including phenoxy) is 1. The molecule has 1 aromatic carbocycles. The fourth-order valence-electron chi connectivity index (χ4n) is 2.99. The minimum absolute atomic E-state index is 0.0319. The second kappa shape index (κ2) is 5.76. The Kier molecular flexibility index (Phi) is 4.42. The van der Waals surface area contributed by atoms with Crippen LogP contribution in [0.2, 0.25) is 0 Å². The van der Waals surface area contributed by atoms with Crippen LogP contribution in [0.25, 0.3) is 0 Å². The summed E-state index contributed by atoms with van der Waals surface area (Å²) in [5.41, 5.74) is 5.81. The molecule has 0 saturated carbocycles. The van der Waals surface area contributed by atoms with Crippen LogP contribution in [0.5, 0.6) is 0 Å². The molecule has 1 aliphatic rings. The first-order valence-electron chi connectivity index (χ1n) is 6.90. The van der Waals surface area contributed by atoms with Crippen LogP contribution >= 0.6 is 0 Å². The van der Waals surface area contributed by atoms with E-state index in [4.69, 9.17) is 10.5 Å². The Balaban J connectivity index is 2.30. The fraction of sp³-hybridized carbons (Fsp3) is 0.600. The van der Waals surface area contributed by atoms with Crippen LogP contribution in [0.15, 0.2) is 18.2 Å². The normalized spacial score (nSPS) is 24.6. The van der Waals surface area contributed by atoms with E-state index in [1.807, 2.05) is 20.8 Å². The number of nitrogens with two attached hydrogens (primary N) is 1. The quantitative estimate of drug-likeness (QED) is 0.926. The first kappa shape index (κ1) is 15.4. The van der Waals surface area contributed by atoms with Gasteiger partial charge in [0.15, 0.2) is 11.6 Å². The lowest BCUT2D eigenvalue weighted by Crippen LogP contribution is -2.54. The van der Waals surface area contributed by atoms with Gasteiger partial charge in [0, 0.05) is 25.2 Å². The number of nitrogens with zero attached hydrogens (tertiary/aromatic N) is 1. The monoisotopic (exact) mass is 284 g/mol. The van der Waals surface area contributed by atoms with E-state index in [1.54, 1.807) is 6.07 Å². The Morgan fingerprint density at radius 2 is 2.15 bits per heavy atom. The van der Waals surface area contributed by atoms with Crippen LogP contribution in [-0.4, -0.2) is 36.2 Å². The molecule has 2 rings (SSSR count). The summed E-state index contributed by atoms with van der Waals surface area (Å²) in [6.45, 7) is 7.49. The van der Waals surface area contributed by atoms with Gasteiger partial charge in [-0.1, -0.05) is 12.1 Å². The molecule has 1 fully saturated rings. The Bertz CT molecular complexity index is 479. The largest absolute Gasteiger partial charge is 0.370 e. The summed E-state index contributed by atoms with van der Waals surface area (Å²) < 4.78 is 33.2. The third-order valence-electron chi connectivity index (χ3n) is 3.60. The van der Waals surface area contributed by atoms with Gasteiger partial charge in [-0.25, -0.2) is 8.78 Å². The van der Waals surface area contributed by atoms with Gasteiger partial charge < -0.3 is 10.5 Å². The molecule has 2 N–H and O–H groups in total. The second-order valence-corrected chi connectivity index (χ2v) is 6.01. The van der Waals surface area contributed by atoms with E-state index in [9.17, 15) is 8.78 Å². The van der Waals surface area contributed by atoms with Gasteiger partial charge in [0.05, 0.1) is 17.7 Å². The van der Waals surface area contributed by atoms with Gasteiger partial charge in [0.1, 0.15) is 0 Å². The molecular formula is C15H22F2N2O. The van der Waals surface area contributed by atoms with Crippen LogP contribution in [-0.2, 0) is 4.74 Å². The van der Waals surface area contributed by atoms with Crippen molar-refractivity contribution in [3.8, 4) is 0 Å². The predicted octanol–water partition coefficient (Wildman–Crippen LogP) is 2.46. The summed E-state index contributed by atoms with van der Waals surface area (Å²) in [6, 6.07) is 3.91. The van der Waals surface area contributed by atoms with Gasteiger partial charge >= 0.3 is 0 Å². The Labute approximate surface area is 118 Å². The highest BCUT2D eigenvalue weighted by atomic mass is 19.2. The standard InChI is InChI=1S/C15H22F2N2O/c1-10-8-19(9-15(2,3)20-10)13(7-18)11-5-4-6-12(16)14(11)17/h4-6,10,13H,7-9,18H2,1-3H3. The molecule has 1 aliphatic heterocycles. The van der Waals surface area contributed by atoms with E-state index in [0.717, 1.165) is 6.07 Å². The van der Waals surface area contributed by atoms with Crippen molar-refractivity contribution >= 4 is 0 Å². The maximum Gasteiger partial charge on any atom is 0.163 e. The van der Waals surface area contributed by atoms with Gasteiger partial charge in [-0.2, -0.15) is 0 Å². The van der Waals surface area contributed by atoms with Crippen molar-refractivity contribution in [3.05, 3.63) is 35.4 Å². The number of benzene rings is 1. The molecule has 1 heterocycles. The molecule has 0 bridgehead atoms. The van der Waals surface area contributed by atoms with E-state index in [1.165, 1.54) is 6.07 Å². The highest BCUT2D eigenvalue weighted by Gasteiger charge is 2.35. The number of rotatable bonds is 3. The van der Waals surface area contributed by atoms with Crippen molar-refractivity contribution in [1.82, 2.24) is 4.90 Å². The summed E-state index contributed by atoms with van der Waals surface area (Å²) in [5, 5.41) is 0. The molecule has 20 heavy (non-hydrogen) atoms. The molecule has 1 saturated heterocycles. The first-order valence-corrected chi connectivity index (χ1v) is 6.90. The zero-order valence-electron chi connectivity index (χ0n) is 12.2. The van der Waals surface area contributed by atoms with Crippen LogP contribution in [0.4, 0.5) is 8.78 Å². The van der Waals surface area contributed by atoms with Gasteiger partial charge in [-0.3, -0.25) is 4.90 Å². The Hall–Kier alpha value is -1.04. The molecule has 1 aromatic rings. The highest BCUT2D eigenvalue weighted by Crippen LogP contribution is 2.30. The van der Waals surface area contributed by atoms with Crippen molar-refractivity contribution in [2.24, 2.45) is 5.73 Å². The van der Waals surface area contributed by atoms with E-state index in [-0.39, 0.29) is 24.3 Å². The zero-order chi connectivity index (χ0) is 14.9. The molecule has 3 nitrogen and oxygen atoms in total. The van der Waals surface area contributed by atoms with Crippen molar-refractivity contribution < 1.29 is 13.5 Å². The lowest BCUT2D eigenvalue weighted by Gasteiger charge is -2.45. The zero-order valence-corrected chi connectivity index (χ0v) is 12.2. The predicted molar refractivity (Wildman–Crippen MR) is 74.4 cm³/mol. The lowest BCUT2D eigenvalue weighted by molar-refractivity contribution is -0.138. The summed E-state index contributed by atoms with van der Waals surface area (Å²) >= 11 is 0. The maximum atomic E-state index is 14.0.